The van der Waals surface area contributed by atoms with Crippen LogP contribution in [-0.4, -0.2) is 26.4 Å². The van der Waals surface area contributed by atoms with Crippen LogP contribution in [0, 0.1) is 0 Å². The molecular formula is C12H16BrNO2. The van der Waals surface area contributed by atoms with E-state index < -0.39 is 0 Å². The van der Waals surface area contributed by atoms with E-state index >= 15 is 0 Å². The van der Waals surface area contributed by atoms with Crippen LogP contribution in [-0.2, 0) is 11.3 Å². The Morgan fingerprint density at radius 3 is 3.12 bits per heavy atom. The molecule has 1 unspecified atom stereocenters. The second-order valence-corrected chi connectivity index (χ2v) is 4.75. The number of ether oxygens (including phenoxy) is 2. The minimum atomic E-state index is 0.484. The monoisotopic (exact) mass is 285 g/mol. The van der Waals surface area contributed by atoms with E-state index in [0.29, 0.717) is 6.04 Å². The van der Waals surface area contributed by atoms with Crippen LogP contribution >= 0.6 is 15.9 Å². The first-order chi connectivity index (χ1) is 7.79. The lowest BCUT2D eigenvalue weighted by Crippen LogP contribution is -2.28. The predicted octanol–water partition coefficient (Wildman–Crippen LogP) is 2.34. The minimum absolute atomic E-state index is 0.484. The zero-order chi connectivity index (χ0) is 11.4. The maximum absolute atomic E-state index is 5.32. The van der Waals surface area contributed by atoms with Crippen LogP contribution < -0.4 is 10.1 Å². The number of hydrogen-bond acceptors (Lipinski definition) is 3. The molecule has 0 bridgehead atoms. The van der Waals surface area contributed by atoms with E-state index in [0.717, 1.165) is 36.4 Å². The van der Waals surface area contributed by atoms with Gasteiger partial charge in [0.1, 0.15) is 5.75 Å². The van der Waals surface area contributed by atoms with E-state index in [2.05, 4.69) is 21.2 Å². The molecule has 1 N–H and O–H groups in total. The fourth-order valence-electron chi connectivity index (χ4n) is 1.76. The standard InChI is InChI=1S/C12H16BrNO2/c1-15-11-2-3-12(13)9(6-11)7-14-10-4-5-16-8-10/h2-3,6,10,14H,4-5,7-8H2,1H3. The van der Waals surface area contributed by atoms with Crippen molar-refractivity contribution in [1.82, 2.24) is 5.32 Å². The first-order valence-corrected chi connectivity index (χ1v) is 6.22. The van der Waals surface area contributed by atoms with Crippen molar-refractivity contribution in [1.29, 1.82) is 0 Å². The molecule has 0 spiro atoms. The summed E-state index contributed by atoms with van der Waals surface area (Å²) >= 11 is 3.54. The quantitative estimate of drug-likeness (QED) is 0.921. The van der Waals surface area contributed by atoms with E-state index in [1.54, 1.807) is 7.11 Å². The van der Waals surface area contributed by atoms with Crippen molar-refractivity contribution in [3.8, 4) is 5.75 Å². The molecule has 0 radical (unpaired) electrons. The highest BCUT2D eigenvalue weighted by molar-refractivity contribution is 9.10. The van der Waals surface area contributed by atoms with Gasteiger partial charge >= 0.3 is 0 Å². The largest absolute Gasteiger partial charge is 0.497 e. The molecule has 1 atom stereocenters. The van der Waals surface area contributed by atoms with E-state index in [-0.39, 0.29) is 0 Å². The Labute approximate surface area is 104 Å². The minimum Gasteiger partial charge on any atom is -0.497 e. The Morgan fingerprint density at radius 1 is 1.56 bits per heavy atom. The van der Waals surface area contributed by atoms with Crippen LogP contribution in [0.15, 0.2) is 22.7 Å². The van der Waals surface area contributed by atoms with Gasteiger partial charge in [0, 0.05) is 23.7 Å². The van der Waals surface area contributed by atoms with Crippen molar-refractivity contribution in [2.24, 2.45) is 0 Å². The molecule has 1 aliphatic rings. The van der Waals surface area contributed by atoms with Gasteiger partial charge in [-0.05, 0) is 30.2 Å². The van der Waals surface area contributed by atoms with Crippen molar-refractivity contribution in [3.63, 3.8) is 0 Å². The normalized spacial score (nSPS) is 20.0. The maximum atomic E-state index is 5.32. The Bertz CT molecular complexity index is 351. The average Bonchev–Trinajstić information content (AvgIpc) is 2.81. The smallest absolute Gasteiger partial charge is 0.119 e. The SMILES string of the molecule is COc1ccc(Br)c(CNC2CCOC2)c1. The highest BCUT2D eigenvalue weighted by atomic mass is 79.9. The van der Waals surface area contributed by atoms with E-state index in [1.165, 1.54) is 5.56 Å². The lowest BCUT2D eigenvalue weighted by molar-refractivity contribution is 0.190. The van der Waals surface area contributed by atoms with Gasteiger partial charge < -0.3 is 14.8 Å². The summed E-state index contributed by atoms with van der Waals surface area (Å²) in [5.41, 5.74) is 1.21. The van der Waals surface area contributed by atoms with Gasteiger partial charge in [-0.3, -0.25) is 0 Å². The third-order valence-corrected chi connectivity index (χ3v) is 3.54. The van der Waals surface area contributed by atoms with Crippen molar-refractivity contribution < 1.29 is 9.47 Å². The zero-order valence-corrected chi connectivity index (χ0v) is 10.9. The van der Waals surface area contributed by atoms with Crippen LogP contribution in [0.4, 0.5) is 0 Å². The molecule has 1 aromatic rings. The third kappa shape index (κ3) is 2.97. The fraction of sp³-hybridized carbons (Fsp3) is 0.500. The molecule has 0 amide bonds. The highest BCUT2D eigenvalue weighted by Gasteiger charge is 2.15. The van der Waals surface area contributed by atoms with Gasteiger partial charge in [0.2, 0.25) is 0 Å². The molecule has 88 valence electrons. The molecule has 2 rings (SSSR count). The summed E-state index contributed by atoms with van der Waals surface area (Å²) in [7, 11) is 1.69. The maximum Gasteiger partial charge on any atom is 0.119 e. The summed E-state index contributed by atoms with van der Waals surface area (Å²) in [6, 6.07) is 6.50. The zero-order valence-electron chi connectivity index (χ0n) is 9.33. The Morgan fingerprint density at radius 2 is 2.44 bits per heavy atom. The van der Waals surface area contributed by atoms with E-state index in [4.69, 9.17) is 9.47 Å². The first kappa shape index (κ1) is 11.9. The van der Waals surface area contributed by atoms with Gasteiger partial charge in [0.15, 0.2) is 0 Å². The fourth-order valence-corrected chi connectivity index (χ4v) is 2.15. The Kier molecular flexibility index (Phi) is 4.21. The Hall–Kier alpha value is -0.580. The first-order valence-electron chi connectivity index (χ1n) is 5.43. The van der Waals surface area contributed by atoms with Crippen LogP contribution in [0.3, 0.4) is 0 Å². The van der Waals surface area contributed by atoms with E-state index in [9.17, 15) is 0 Å². The molecule has 0 saturated carbocycles. The number of hydrogen-bond donors (Lipinski definition) is 1. The number of halogens is 1. The van der Waals surface area contributed by atoms with Crippen molar-refractivity contribution >= 4 is 15.9 Å². The summed E-state index contributed by atoms with van der Waals surface area (Å²) in [5, 5.41) is 3.48. The van der Waals surface area contributed by atoms with Gasteiger partial charge in [-0.25, -0.2) is 0 Å². The second kappa shape index (κ2) is 5.66. The van der Waals surface area contributed by atoms with Gasteiger partial charge in [-0.2, -0.15) is 0 Å². The molecular weight excluding hydrogens is 270 g/mol. The number of benzene rings is 1. The molecule has 3 nitrogen and oxygen atoms in total. The molecule has 1 fully saturated rings. The lowest BCUT2D eigenvalue weighted by atomic mass is 10.2. The Balaban J connectivity index is 1.96. The van der Waals surface area contributed by atoms with Gasteiger partial charge in [0.25, 0.3) is 0 Å². The summed E-state index contributed by atoms with van der Waals surface area (Å²) in [6.45, 7) is 2.53. The molecule has 1 aliphatic heterocycles. The summed E-state index contributed by atoms with van der Waals surface area (Å²) in [5.74, 6) is 0.891. The van der Waals surface area contributed by atoms with Crippen LogP contribution in [0.2, 0.25) is 0 Å². The number of nitrogens with one attached hydrogen (secondary N) is 1. The van der Waals surface area contributed by atoms with Crippen molar-refractivity contribution in [3.05, 3.63) is 28.2 Å². The molecule has 1 aromatic carbocycles. The second-order valence-electron chi connectivity index (χ2n) is 3.90. The average molecular weight is 286 g/mol. The summed E-state index contributed by atoms with van der Waals surface area (Å²) in [6.07, 6.45) is 1.10. The van der Waals surface area contributed by atoms with Crippen molar-refractivity contribution in [2.75, 3.05) is 20.3 Å². The third-order valence-electron chi connectivity index (χ3n) is 2.76. The van der Waals surface area contributed by atoms with Gasteiger partial charge in [-0.1, -0.05) is 15.9 Å². The van der Waals surface area contributed by atoms with Crippen LogP contribution in [0.1, 0.15) is 12.0 Å². The molecule has 4 heteroatoms. The molecule has 0 aliphatic carbocycles. The highest BCUT2D eigenvalue weighted by Crippen LogP contribution is 2.22. The van der Waals surface area contributed by atoms with Crippen LogP contribution in [0.5, 0.6) is 5.75 Å². The molecule has 16 heavy (non-hydrogen) atoms. The van der Waals surface area contributed by atoms with Crippen LogP contribution in [0.25, 0.3) is 0 Å². The lowest BCUT2D eigenvalue weighted by Gasteiger charge is -2.12. The number of rotatable bonds is 4. The topological polar surface area (TPSA) is 30.5 Å². The van der Waals surface area contributed by atoms with Gasteiger partial charge in [0.05, 0.1) is 13.7 Å². The van der Waals surface area contributed by atoms with Gasteiger partial charge in [-0.15, -0.1) is 0 Å². The number of methoxy groups -OCH3 is 1. The summed E-state index contributed by atoms with van der Waals surface area (Å²) < 4.78 is 11.6. The molecule has 1 saturated heterocycles. The van der Waals surface area contributed by atoms with Crippen molar-refractivity contribution in [2.45, 2.75) is 19.0 Å². The predicted molar refractivity (Wildman–Crippen MR) is 66.8 cm³/mol. The molecule has 0 aromatic heterocycles. The summed E-state index contributed by atoms with van der Waals surface area (Å²) in [4.78, 5) is 0. The molecule has 1 heterocycles. The van der Waals surface area contributed by atoms with E-state index in [1.807, 2.05) is 18.2 Å².